The third-order valence-electron chi connectivity index (χ3n) is 5.78. The Morgan fingerprint density at radius 3 is 2.61 bits per heavy atom. The number of nitrogens with zero attached hydrogens (tertiary/aromatic N) is 1. The summed E-state index contributed by atoms with van der Waals surface area (Å²) in [6.07, 6.45) is 1.98. The van der Waals surface area contributed by atoms with Gasteiger partial charge in [-0.3, -0.25) is 4.79 Å². The van der Waals surface area contributed by atoms with Crippen LogP contribution >= 0.6 is 12.2 Å². The summed E-state index contributed by atoms with van der Waals surface area (Å²) < 4.78 is 30.4. The van der Waals surface area contributed by atoms with Crippen LogP contribution in [-0.2, 0) is 11.3 Å². The molecule has 1 atom stereocenters. The zero-order chi connectivity index (χ0) is 22.8. The fraction of sp³-hybridized carbons (Fsp3) is 0.333. The van der Waals surface area contributed by atoms with Crippen molar-refractivity contribution in [3.05, 3.63) is 64.2 Å². The molecule has 3 heterocycles. The fourth-order valence-electron chi connectivity index (χ4n) is 4.10. The smallest absolute Gasteiger partial charge is 0.253 e. The van der Waals surface area contributed by atoms with Gasteiger partial charge in [-0.15, -0.1) is 0 Å². The number of ether oxygens (including phenoxy) is 3. The molecule has 0 amide bonds. The first-order valence-corrected chi connectivity index (χ1v) is 11.3. The van der Waals surface area contributed by atoms with Crippen molar-refractivity contribution in [1.82, 2.24) is 9.88 Å². The third-order valence-corrected chi connectivity index (χ3v) is 6.14. The highest BCUT2D eigenvalue weighted by Crippen LogP contribution is 2.33. The van der Waals surface area contributed by atoms with Gasteiger partial charge in [0.1, 0.15) is 19.0 Å². The maximum absolute atomic E-state index is 13.3. The van der Waals surface area contributed by atoms with E-state index < -0.39 is 0 Å². The zero-order valence-corrected chi connectivity index (χ0v) is 18.8. The molecular weight excluding hydrogens is 445 g/mol. The maximum Gasteiger partial charge on any atom is 0.253 e. The Morgan fingerprint density at radius 1 is 1.12 bits per heavy atom. The molecule has 33 heavy (non-hydrogen) atoms. The quantitative estimate of drug-likeness (QED) is 0.551. The van der Waals surface area contributed by atoms with Crippen LogP contribution in [0.1, 0.15) is 18.4 Å². The lowest BCUT2D eigenvalue weighted by atomic mass is 10.1. The van der Waals surface area contributed by atoms with Gasteiger partial charge >= 0.3 is 0 Å². The summed E-state index contributed by atoms with van der Waals surface area (Å²) >= 11 is 5.66. The fourth-order valence-corrected chi connectivity index (χ4v) is 4.36. The van der Waals surface area contributed by atoms with Crippen molar-refractivity contribution in [2.45, 2.75) is 25.5 Å². The van der Waals surface area contributed by atoms with Gasteiger partial charge in [0.15, 0.2) is 16.6 Å². The summed E-state index contributed by atoms with van der Waals surface area (Å²) in [4.78, 5) is 17.8. The normalized spacial score (nSPS) is 17.2. The van der Waals surface area contributed by atoms with Crippen LogP contribution < -0.4 is 20.3 Å². The van der Waals surface area contributed by atoms with E-state index in [4.69, 9.17) is 26.4 Å². The second-order valence-electron chi connectivity index (χ2n) is 8.16. The predicted molar refractivity (Wildman–Crippen MR) is 128 cm³/mol. The molecule has 1 saturated heterocycles. The number of thiocarbonyl (C=S) groups is 1. The summed E-state index contributed by atoms with van der Waals surface area (Å²) in [6, 6.07) is 11.5. The summed E-state index contributed by atoms with van der Waals surface area (Å²) in [6.45, 7) is 2.55. The van der Waals surface area contributed by atoms with Crippen LogP contribution in [0, 0.1) is 5.82 Å². The number of aromatic nitrogens is 1. The molecule has 3 aromatic rings. The molecule has 0 radical (unpaired) electrons. The second-order valence-corrected chi connectivity index (χ2v) is 8.55. The van der Waals surface area contributed by atoms with Crippen LogP contribution in [-0.4, -0.2) is 47.5 Å². The number of hydrogen-bond acceptors (Lipinski definition) is 5. The van der Waals surface area contributed by atoms with Crippen LogP contribution in [0.4, 0.5) is 10.1 Å². The van der Waals surface area contributed by atoms with Crippen molar-refractivity contribution in [3.8, 4) is 11.5 Å². The Bertz CT molecular complexity index is 1220. The average Bonchev–Trinajstić information content (AvgIpc) is 3.32. The minimum absolute atomic E-state index is 0.0371. The maximum atomic E-state index is 13.3. The average molecular weight is 470 g/mol. The monoisotopic (exact) mass is 469 g/mol. The van der Waals surface area contributed by atoms with Gasteiger partial charge in [0.05, 0.1) is 18.2 Å². The lowest BCUT2D eigenvalue weighted by Crippen LogP contribution is -2.40. The molecule has 2 aliphatic heterocycles. The van der Waals surface area contributed by atoms with Gasteiger partial charge in [0, 0.05) is 35.9 Å². The van der Waals surface area contributed by atoms with Gasteiger partial charge in [-0.05, 0) is 61.5 Å². The number of halogens is 1. The highest BCUT2D eigenvalue weighted by Gasteiger charge is 2.23. The Morgan fingerprint density at radius 2 is 1.88 bits per heavy atom. The highest BCUT2D eigenvalue weighted by molar-refractivity contribution is 7.80. The molecule has 0 saturated carbocycles. The molecule has 5 rings (SSSR count). The number of pyridine rings is 1. The van der Waals surface area contributed by atoms with E-state index in [1.807, 2.05) is 17.0 Å². The SMILES string of the molecule is O=c1[nH]c2cc3c(cc2cc1CN(C[C@H]1CCCO1)C(=S)Nc1ccc(F)cc1)OCCO3. The minimum Gasteiger partial charge on any atom is -0.486 e. The molecule has 2 aliphatic rings. The first kappa shape index (κ1) is 21.7. The topological polar surface area (TPSA) is 75.8 Å². The molecule has 0 bridgehead atoms. The third kappa shape index (κ3) is 4.94. The molecule has 9 heteroatoms. The number of hydrogen-bond donors (Lipinski definition) is 2. The molecule has 0 unspecified atom stereocenters. The number of nitrogens with one attached hydrogen (secondary N) is 2. The number of fused-ring (bicyclic) bond motifs is 2. The molecule has 7 nitrogen and oxygen atoms in total. The van der Waals surface area contributed by atoms with E-state index in [0.717, 1.165) is 24.8 Å². The Hall–Kier alpha value is -3.17. The van der Waals surface area contributed by atoms with Gasteiger partial charge in [-0.25, -0.2) is 4.39 Å². The summed E-state index contributed by atoms with van der Waals surface area (Å²) in [5.41, 5.74) is 1.74. The van der Waals surface area contributed by atoms with Crippen molar-refractivity contribution in [2.24, 2.45) is 0 Å². The van der Waals surface area contributed by atoms with Crippen molar-refractivity contribution in [2.75, 3.05) is 31.7 Å². The van der Waals surface area contributed by atoms with Gasteiger partial charge < -0.3 is 29.4 Å². The molecule has 2 aromatic carbocycles. The van der Waals surface area contributed by atoms with Crippen LogP contribution in [0.5, 0.6) is 11.5 Å². The van der Waals surface area contributed by atoms with Crippen molar-refractivity contribution in [3.63, 3.8) is 0 Å². The Kier molecular flexibility index (Phi) is 6.15. The molecule has 172 valence electrons. The number of aromatic amines is 1. The predicted octanol–water partition coefficient (Wildman–Crippen LogP) is 3.82. The van der Waals surface area contributed by atoms with E-state index in [1.165, 1.54) is 12.1 Å². The standard InChI is InChI=1S/C24H24FN3O4S/c25-17-3-5-18(6-4-17)26-24(33)28(14-19-2-1-7-30-19)13-16-10-15-11-21-22(32-9-8-31-21)12-20(15)27-23(16)29/h3-6,10-12,19H,1-2,7-9,13-14H2,(H,26,33)(H,27,29)/t19-/m1/s1. The number of rotatable bonds is 5. The molecular formula is C24H24FN3O4S. The Balaban J connectivity index is 1.42. The van der Waals surface area contributed by atoms with E-state index >= 15 is 0 Å². The van der Waals surface area contributed by atoms with Gasteiger partial charge in [-0.2, -0.15) is 0 Å². The molecule has 1 aromatic heterocycles. The molecule has 0 aliphatic carbocycles. The van der Waals surface area contributed by atoms with E-state index in [1.54, 1.807) is 18.2 Å². The number of benzene rings is 2. The molecule has 1 fully saturated rings. The van der Waals surface area contributed by atoms with Gasteiger partial charge in [0.25, 0.3) is 5.56 Å². The van der Waals surface area contributed by atoms with Gasteiger partial charge in [-0.1, -0.05) is 0 Å². The van der Waals surface area contributed by atoms with Crippen molar-refractivity contribution < 1.29 is 18.6 Å². The van der Waals surface area contributed by atoms with E-state index in [2.05, 4.69) is 10.3 Å². The lowest BCUT2D eigenvalue weighted by molar-refractivity contribution is 0.0904. The lowest BCUT2D eigenvalue weighted by Gasteiger charge is -2.28. The second kappa shape index (κ2) is 9.36. The van der Waals surface area contributed by atoms with E-state index in [0.29, 0.717) is 59.7 Å². The number of H-pyrrole nitrogens is 1. The van der Waals surface area contributed by atoms with Crippen LogP contribution in [0.25, 0.3) is 10.9 Å². The van der Waals surface area contributed by atoms with E-state index in [-0.39, 0.29) is 17.5 Å². The first-order valence-electron chi connectivity index (χ1n) is 10.9. The summed E-state index contributed by atoms with van der Waals surface area (Å²) in [5, 5.41) is 4.44. The van der Waals surface area contributed by atoms with Gasteiger partial charge in [0.2, 0.25) is 0 Å². The van der Waals surface area contributed by atoms with E-state index in [9.17, 15) is 9.18 Å². The van der Waals surface area contributed by atoms with Crippen molar-refractivity contribution >= 4 is 33.9 Å². The summed E-state index contributed by atoms with van der Waals surface area (Å²) in [5.74, 6) is 0.972. The Labute approximate surface area is 195 Å². The molecule has 0 spiro atoms. The largest absolute Gasteiger partial charge is 0.486 e. The highest BCUT2D eigenvalue weighted by atomic mass is 32.1. The van der Waals surface area contributed by atoms with Crippen LogP contribution in [0.2, 0.25) is 0 Å². The minimum atomic E-state index is -0.318. The van der Waals surface area contributed by atoms with Crippen LogP contribution in [0.3, 0.4) is 0 Å². The molecule has 2 N–H and O–H groups in total. The zero-order valence-electron chi connectivity index (χ0n) is 17.9. The van der Waals surface area contributed by atoms with Crippen LogP contribution in [0.15, 0.2) is 47.3 Å². The summed E-state index contributed by atoms with van der Waals surface area (Å²) in [7, 11) is 0. The van der Waals surface area contributed by atoms with Crippen molar-refractivity contribution in [1.29, 1.82) is 0 Å². The number of anilines is 1. The first-order chi connectivity index (χ1) is 16.0.